The van der Waals surface area contributed by atoms with Crippen LogP contribution >= 0.6 is 11.3 Å². The van der Waals surface area contributed by atoms with Crippen molar-refractivity contribution >= 4 is 27.5 Å². The Bertz CT molecular complexity index is 1120. The quantitative estimate of drug-likeness (QED) is 0.650. The van der Waals surface area contributed by atoms with E-state index in [1.165, 1.54) is 33.4 Å². The lowest BCUT2D eigenvalue weighted by Gasteiger charge is -2.35. The van der Waals surface area contributed by atoms with Gasteiger partial charge in [-0.25, -0.2) is 4.98 Å². The molecule has 0 bridgehead atoms. The standard InChI is InChI=1S/C23H27N3O2S/c1-14-7-15(2)10-25(9-14)20(27)11-26-13-24-22-21(23(26)28)19(12-29-22)18-6-5-16(3)17(4)8-18/h5-6,8,12-15H,7,9-11H2,1-4H3/t14-,15+. The van der Waals surface area contributed by atoms with E-state index in [1.807, 2.05) is 16.3 Å². The highest BCUT2D eigenvalue weighted by Crippen LogP contribution is 2.31. The lowest BCUT2D eigenvalue weighted by atomic mass is 9.92. The van der Waals surface area contributed by atoms with Crippen LogP contribution in [0.1, 0.15) is 31.4 Å². The zero-order valence-corrected chi connectivity index (χ0v) is 18.3. The normalized spacial score (nSPS) is 19.7. The average molecular weight is 410 g/mol. The summed E-state index contributed by atoms with van der Waals surface area (Å²) in [6.45, 7) is 10.1. The number of aryl methyl sites for hydroxylation is 2. The highest BCUT2D eigenvalue weighted by atomic mass is 32.1. The maximum atomic E-state index is 13.2. The van der Waals surface area contributed by atoms with Gasteiger partial charge in [-0.1, -0.05) is 32.0 Å². The van der Waals surface area contributed by atoms with E-state index in [0.717, 1.165) is 30.6 Å². The second-order valence-corrected chi connectivity index (χ2v) is 9.41. The maximum Gasteiger partial charge on any atom is 0.263 e. The molecular weight excluding hydrogens is 382 g/mol. The van der Waals surface area contributed by atoms with Gasteiger partial charge in [0.05, 0.1) is 11.7 Å². The summed E-state index contributed by atoms with van der Waals surface area (Å²) < 4.78 is 1.46. The zero-order chi connectivity index (χ0) is 20.7. The molecule has 4 rings (SSSR count). The molecule has 2 atom stereocenters. The number of hydrogen-bond donors (Lipinski definition) is 0. The first-order chi connectivity index (χ1) is 13.8. The van der Waals surface area contributed by atoms with Crippen molar-refractivity contribution in [2.24, 2.45) is 11.8 Å². The molecule has 0 saturated carbocycles. The fraction of sp³-hybridized carbons (Fsp3) is 0.435. The molecule has 1 aliphatic heterocycles. The molecule has 6 heteroatoms. The second-order valence-electron chi connectivity index (χ2n) is 8.55. The van der Waals surface area contributed by atoms with Crippen molar-refractivity contribution in [3.63, 3.8) is 0 Å². The Labute approximate surface area is 175 Å². The highest BCUT2D eigenvalue weighted by molar-refractivity contribution is 7.17. The van der Waals surface area contributed by atoms with Crippen LogP contribution in [0.2, 0.25) is 0 Å². The van der Waals surface area contributed by atoms with Gasteiger partial charge in [-0.2, -0.15) is 0 Å². The minimum Gasteiger partial charge on any atom is -0.341 e. The molecule has 3 aromatic rings. The third-order valence-electron chi connectivity index (χ3n) is 5.91. The van der Waals surface area contributed by atoms with Crippen molar-refractivity contribution in [1.29, 1.82) is 0 Å². The zero-order valence-electron chi connectivity index (χ0n) is 17.4. The van der Waals surface area contributed by atoms with Crippen molar-refractivity contribution in [2.75, 3.05) is 13.1 Å². The van der Waals surface area contributed by atoms with Crippen molar-refractivity contribution in [2.45, 2.75) is 40.7 Å². The van der Waals surface area contributed by atoms with E-state index in [0.29, 0.717) is 22.1 Å². The SMILES string of the molecule is Cc1ccc(-c2csc3ncn(CC(=O)N4C[C@H](C)C[C@H](C)C4)c(=O)c23)cc1C. The van der Waals surface area contributed by atoms with Crippen LogP contribution in [0.3, 0.4) is 0 Å². The number of benzene rings is 1. The lowest BCUT2D eigenvalue weighted by Crippen LogP contribution is -2.44. The number of carbonyl (C=O) groups is 1. The predicted molar refractivity (Wildman–Crippen MR) is 118 cm³/mol. The average Bonchev–Trinajstić information content (AvgIpc) is 3.10. The Morgan fingerprint density at radius 2 is 1.90 bits per heavy atom. The number of fused-ring (bicyclic) bond motifs is 1. The Balaban J connectivity index is 1.68. The molecule has 3 heterocycles. The monoisotopic (exact) mass is 409 g/mol. The lowest BCUT2D eigenvalue weighted by molar-refractivity contribution is -0.134. The molecule has 0 radical (unpaired) electrons. The molecule has 152 valence electrons. The van der Waals surface area contributed by atoms with Crippen LogP contribution in [-0.2, 0) is 11.3 Å². The van der Waals surface area contributed by atoms with Gasteiger partial charge in [0.15, 0.2) is 0 Å². The molecular formula is C23H27N3O2S. The molecule has 1 saturated heterocycles. The van der Waals surface area contributed by atoms with Gasteiger partial charge >= 0.3 is 0 Å². The maximum absolute atomic E-state index is 13.2. The van der Waals surface area contributed by atoms with Crippen LogP contribution in [0, 0.1) is 25.7 Å². The molecule has 1 amide bonds. The first kappa shape index (κ1) is 19.8. The Morgan fingerprint density at radius 3 is 2.59 bits per heavy atom. The van der Waals surface area contributed by atoms with Crippen molar-refractivity contribution in [3.05, 3.63) is 51.4 Å². The number of carbonyl (C=O) groups excluding carboxylic acids is 1. The summed E-state index contributed by atoms with van der Waals surface area (Å²) in [6, 6.07) is 6.23. The number of piperidine rings is 1. The van der Waals surface area contributed by atoms with E-state index >= 15 is 0 Å². The smallest absolute Gasteiger partial charge is 0.263 e. The van der Waals surface area contributed by atoms with Crippen LogP contribution in [0.4, 0.5) is 0 Å². The molecule has 29 heavy (non-hydrogen) atoms. The van der Waals surface area contributed by atoms with Gasteiger partial charge in [-0.05, 0) is 48.8 Å². The molecule has 0 aliphatic carbocycles. The number of hydrogen-bond acceptors (Lipinski definition) is 4. The van der Waals surface area contributed by atoms with Gasteiger partial charge in [-0.3, -0.25) is 14.2 Å². The summed E-state index contributed by atoms with van der Waals surface area (Å²) in [6.07, 6.45) is 2.66. The fourth-order valence-electron chi connectivity index (χ4n) is 4.31. The molecule has 1 aliphatic rings. The van der Waals surface area contributed by atoms with Crippen LogP contribution in [-0.4, -0.2) is 33.4 Å². The first-order valence-corrected chi connectivity index (χ1v) is 11.0. The summed E-state index contributed by atoms with van der Waals surface area (Å²) in [5.74, 6) is 0.983. The molecule has 1 fully saturated rings. The van der Waals surface area contributed by atoms with E-state index in [4.69, 9.17) is 0 Å². The Kier molecular flexibility index (Phi) is 5.30. The van der Waals surface area contributed by atoms with Crippen molar-refractivity contribution in [1.82, 2.24) is 14.5 Å². The molecule has 0 N–H and O–H groups in total. The number of likely N-dealkylation sites (tertiary alicyclic amines) is 1. The minimum atomic E-state index is -0.143. The van der Waals surface area contributed by atoms with Gasteiger partial charge in [0.2, 0.25) is 5.91 Å². The van der Waals surface area contributed by atoms with Crippen LogP contribution in [0.15, 0.2) is 34.7 Å². The van der Waals surface area contributed by atoms with Gasteiger partial charge in [0.25, 0.3) is 5.56 Å². The van der Waals surface area contributed by atoms with Gasteiger partial charge in [-0.15, -0.1) is 11.3 Å². The molecule has 5 nitrogen and oxygen atoms in total. The van der Waals surface area contributed by atoms with E-state index in [-0.39, 0.29) is 18.0 Å². The summed E-state index contributed by atoms with van der Waals surface area (Å²) in [4.78, 5) is 33.2. The summed E-state index contributed by atoms with van der Waals surface area (Å²) in [5, 5.41) is 2.59. The third-order valence-corrected chi connectivity index (χ3v) is 6.79. The number of amides is 1. The number of rotatable bonds is 3. The van der Waals surface area contributed by atoms with E-state index < -0.39 is 0 Å². The van der Waals surface area contributed by atoms with E-state index in [9.17, 15) is 9.59 Å². The van der Waals surface area contributed by atoms with E-state index in [1.54, 1.807) is 0 Å². The summed E-state index contributed by atoms with van der Waals surface area (Å²) in [7, 11) is 0. The minimum absolute atomic E-state index is 0.00499. The number of nitrogens with zero attached hydrogens (tertiary/aromatic N) is 3. The Morgan fingerprint density at radius 1 is 1.17 bits per heavy atom. The summed E-state index contributed by atoms with van der Waals surface area (Å²) >= 11 is 1.47. The van der Waals surface area contributed by atoms with Crippen molar-refractivity contribution < 1.29 is 4.79 Å². The fourth-order valence-corrected chi connectivity index (χ4v) is 5.22. The summed E-state index contributed by atoms with van der Waals surface area (Å²) in [5.41, 5.74) is 4.18. The first-order valence-electron chi connectivity index (χ1n) is 10.2. The third kappa shape index (κ3) is 3.86. The van der Waals surface area contributed by atoms with Crippen molar-refractivity contribution in [3.8, 4) is 11.1 Å². The second kappa shape index (κ2) is 7.75. The highest BCUT2D eigenvalue weighted by Gasteiger charge is 2.26. The van der Waals surface area contributed by atoms with Crippen LogP contribution in [0.5, 0.6) is 0 Å². The molecule has 0 unspecified atom stereocenters. The van der Waals surface area contributed by atoms with Gasteiger partial charge < -0.3 is 4.90 Å². The van der Waals surface area contributed by atoms with Gasteiger partial charge in [0.1, 0.15) is 11.4 Å². The molecule has 1 aromatic carbocycles. The van der Waals surface area contributed by atoms with Gasteiger partial charge in [0, 0.05) is 24.0 Å². The predicted octanol–water partition coefficient (Wildman–Crippen LogP) is 4.25. The van der Waals surface area contributed by atoms with E-state index in [2.05, 4.69) is 44.8 Å². The van der Waals surface area contributed by atoms with Crippen LogP contribution in [0.25, 0.3) is 21.3 Å². The van der Waals surface area contributed by atoms with Crippen LogP contribution < -0.4 is 5.56 Å². The largest absolute Gasteiger partial charge is 0.341 e. The topological polar surface area (TPSA) is 55.2 Å². The molecule has 2 aromatic heterocycles. The molecule has 0 spiro atoms. The number of aromatic nitrogens is 2. The Hall–Kier alpha value is -2.47. The number of thiophene rings is 1.